The van der Waals surface area contributed by atoms with Crippen LogP contribution in [0.4, 0.5) is 11.4 Å². The molecule has 0 spiro atoms. The van der Waals surface area contributed by atoms with Crippen molar-refractivity contribution in [3.63, 3.8) is 0 Å². The fourth-order valence-corrected chi connectivity index (χ4v) is 5.08. The lowest BCUT2D eigenvalue weighted by Crippen LogP contribution is -2.32. The van der Waals surface area contributed by atoms with Gasteiger partial charge in [-0.15, -0.1) is 0 Å². The number of hydrogen-bond acceptors (Lipinski definition) is 6. The fraction of sp³-hybridized carbons (Fsp3) is 0.409. The van der Waals surface area contributed by atoms with E-state index in [2.05, 4.69) is 10.6 Å². The van der Waals surface area contributed by atoms with Crippen LogP contribution in [0.25, 0.3) is 0 Å². The minimum Gasteiger partial charge on any atom is -0.495 e. The highest BCUT2D eigenvalue weighted by atomic mass is 32.2. The van der Waals surface area contributed by atoms with Crippen LogP contribution in [-0.4, -0.2) is 52.5 Å². The first-order valence-electron chi connectivity index (χ1n) is 10.3. The summed E-state index contributed by atoms with van der Waals surface area (Å²) in [6.07, 6.45) is 3.82. The summed E-state index contributed by atoms with van der Waals surface area (Å²) in [7, 11) is -0.578. The van der Waals surface area contributed by atoms with Crippen LogP contribution in [0, 0.1) is 0 Å². The summed E-state index contributed by atoms with van der Waals surface area (Å²) in [5.41, 5.74) is 0.995. The van der Waals surface area contributed by atoms with Gasteiger partial charge < -0.3 is 20.1 Å². The van der Waals surface area contributed by atoms with Crippen LogP contribution in [0.1, 0.15) is 25.7 Å². The van der Waals surface area contributed by atoms with Crippen LogP contribution in [0.5, 0.6) is 11.5 Å². The summed E-state index contributed by atoms with van der Waals surface area (Å²) in [6, 6.07) is 11.8. The van der Waals surface area contributed by atoms with Crippen LogP contribution in [0.3, 0.4) is 0 Å². The van der Waals surface area contributed by atoms with Crippen molar-refractivity contribution >= 4 is 27.3 Å². The number of para-hydroxylation sites is 2. The van der Waals surface area contributed by atoms with Gasteiger partial charge >= 0.3 is 0 Å². The number of carbonyl (C=O) groups is 1. The Morgan fingerprint density at radius 2 is 1.58 bits per heavy atom. The van der Waals surface area contributed by atoms with E-state index in [4.69, 9.17) is 9.47 Å². The van der Waals surface area contributed by atoms with E-state index in [1.807, 2.05) is 6.07 Å². The summed E-state index contributed by atoms with van der Waals surface area (Å²) in [5.74, 6) is 0.714. The third-order valence-electron chi connectivity index (χ3n) is 5.19. The molecule has 0 bridgehead atoms. The highest BCUT2D eigenvalue weighted by Gasteiger charge is 2.26. The molecule has 3 rings (SSSR count). The van der Waals surface area contributed by atoms with Gasteiger partial charge in [0.25, 0.3) is 0 Å². The van der Waals surface area contributed by atoms with Crippen molar-refractivity contribution in [2.24, 2.45) is 0 Å². The molecule has 0 aliphatic carbocycles. The summed E-state index contributed by atoms with van der Waals surface area (Å²) in [5, 5.41) is 5.77. The Bertz CT molecular complexity index is 1000. The average Bonchev–Trinajstić information content (AvgIpc) is 3.08. The maximum Gasteiger partial charge on any atom is 0.243 e. The van der Waals surface area contributed by atoms with Crippen LogP contribution >= 0.6 is 0 Å². The number of anilines is 2. The molecule has 0 unspecified atom stereocenters. The number of rotatable bonds is 8. The lowest BCUT2D eigenvalue weighted by molar-refractivity contribution is -0.114. The maximum atomic E-state index is 13.1. The van der Waals surface area contributed by atoms with E-state index in [0.29, 0.717) is 36.0 Å². The molecule has 8 nitrogen and oxygen atoms in total. The lowest BCUT2D eigenvalue weighted by Gasteiger charge is -2.21. The number of hydrogen-bond donors (Lipinski definition) is 2. The van der Waals surface area contributed by atoms with Gasteiger partial charge in [0.05, 0.1) is 37.0 Å². The Labute approximate surface area is 183 Å². The van der Waals surface area contributed by atoms with Crippen LogP contribution in [0.2, 0.25) is 0 Å². The Balaban J connectivity index is 1.74. The molecule has 0 radical (unpaired) electrons. The van der Waals surface area contributed by atoms with E-state index >= 15 is 0 Å². The Hall–Kier alpha value is -2.78. The smallest absolute Gasteiger partial charge is 0.243 e. The molecule has 9 heteroatoms. The molecule has 0 atom stereocenters. The Morgan fingerprint density at radius 1 is 0.935 bits per heavy atom. The molecular formula is C22H29N3O5S. The molecule has 1 heterocycles. The quantitative estimate of drug-likeness (QED) is 0.644. The van der Waals surface area contributed by atoms with Crippen molar-refractivity contribution in [2.75, 3.05) is 44.5 Å². The number of carbonyl (C=O) groups excluding carboxylic acids is 1. The average molecular weight is 448 g/mol. The van der Waals surface area contributed by atoms with E-state index in [9.17, 15) is 13.2 Å². The van der Waals surface area contributed by atoms with Crippen molar-refractivity contribution in [1.82, 2.24) is 4.31 Å². The molecule has 31 heavy (non-hydrogen) atoms. The minimum absolute atomic E-state index is 0.0678. The summed E-state index contributed by atoms with van der Waals surface area (Å²) in [6.45, 7) is 0.985. The second-order valence-corrected chi connectivity index (χ2v) is 9.22. The monoisotopic (exact) mass is 447 g/mol. The van der Waals surface area contributed by atoms with Gasteiger partial charge in [-0.2, -0.15) is 4.31 Å². The molecule has 1 aliphatic rings. The first-order chi connectivity index (χ1) is 15.0. The molecule has 1 amide bonds. The molecule has 2 N–H and O–H groups in total. The molecule has 0 aromatic heterocycles. The van der Waals surface area contributed by atoms with Crippen molar-refractivity contribution in [3.8, 4) is 11.5 Å². The third kappa shape index (κ3) is 5.68. The summed E-state index contributed by atoms with van der Waals surface area (Å²) < 4.78 is 38.3. The molecular weight excluding hydrogens is 418 g/mol. The molecule has 2 aromatic rings. The molecule has 0 saturated carbocycles. The van der Waals surface area contributed by atoms with Gasteiger partial charge in [0, 0.05) is 13.1 Å². The number of nitrogens with zero attached hydrogens (tertiary/aromatic N) is 1. The van der Waals surface area contributed by atoms with Crippen molar-refractivity contribution in [2.45, 2.75) is 30.6 Å². The molecule has 168 valence electrons. The zero-order valence-corrected chi connectivity index (χ0v) is 18.7. The zero-order chi connectivity index (χ0) is 22.3. The van der Waals surface area contributed by atoms with Crippen molar-refractivity contribution < 1.29 is 22.7 Å². The number of amides is 1. The highest BCUT2D eigenvalue weighted by Crippen LogP contribution is 2.30. The molecule has 1 saturated heterocycles. The largest absolute Gasteiger partial charge is 0.495 e. The van der Waals surface area contributed by atoms with Gasteiger partial charge in [0.1, 0.15) is 11.5 Å². The van der Waals surface area contributed by atoms with E-state index in [0.717, 1.165) is 25.7 Å². The Morgan fingerprint density at radius 3 is 2.26 bits per heavy atom. The SMILES string of the molecule is COc1ccc(S(=O)(=O)N2CCCCCC2)cc1NCC(=O)Nc1ccccc1OC. The Kier molecular flexibility index (Phi) is 7.75. The van der Waals surface area contributed by atoms with Crippen LogP contribution < -0.4 is 20.1 Å². The minimum atomic E-state index is -3.61. The lowest BCUT2D eigenvalue weighted by atomic mass is 10.2. The molecule has 1 fully saturated rings. The van der Waals surface area contributed by atoms with Crippen molar-refractivity contribution in [3.05, 3.63) is 42.5 Å². The summed E-state index contributed by atoms with van der Waals surface area (Å²) >= 11 is 0. The number of methoxy groups -OCH3 is 2. The van der Waals surface area contributed by atoms with Gasteiger partial charge in [-0.3, -0.25) is 4.79 Å². The number of nitrogens with one attached hydrogen (secondary N) is 2. The number of benzene rings is 2. The van der Waals surface area contributed by atoms with E-state index in [1.165, 1.54) is 20.3 Å². The van der Waals surface area contributed by atoms with Gasteiger partial charge in [-0.1, -0.05) is 25.0 Å². The number of sulfonamides is 1. The first kappa shape index (κ1) is 22.9. The van der Waals surface area contributed by atoms with Crippen LogP contribution in [-0.2, 0) is 14.8 Å². The van der Waals surface area contributed by atoms with Gasteiger partial charge in [-0.05, 0) is 43.2 Å². The van der Waals surface area contributed by atoms with Crippen molar-refractivity contribution in [1.29, 1.82) is 0 Å². The van der Waals surface area contributed by atoms with Gasteiger partial charge in [-0.25, -0.2) is 8.42 Å². The van der Waals surface area contributed by atoms with Gasteiger partial charge in [0.2, 0.25) is 15.9 Å². The maximum absolute atomic E-state index is 13.1. The molecule has 2 aromatic carbocycles. The topological polar surface area (TPSA) is 97.0 Å². The second-order valence-electron chi connectivity index (χ2n) is 7.28. The normalized spacial score (nSPS) is 15.0. The number of ether oxygens (including phenoxy) is 2. The third-order valence-corrected chi connectivity index (χ3v) is 7.09. The predicted molar refractivity (Wildman–Crippen MR) is 120 cm³/mol. The van der Waals surface area contributed by atoms with E-state index in [1.54, 1.807) is 34.6 Å². The second kappa shape index (κ2) is 10.5. The van der Waals surface area contributed by atoms with Gasteiger partial charge in [0.15, 0.2) is 0 Å². The van der Waals surface area contributed by atoms with E-state index < -0.39 is 10.0 Å². The zero-order valence-electron chi connectivity index (χ0n) is 17.9. The highest BCUT2D eigenvalue weighted by molar-refractivity contribution is 7.89. The fourth-order valence-electron chi connectivity index (χ4n) is 3.53. The standard InChI is InChI=1S/C22H29N3O5S/c1-29-20-10-6-5-9-18(20)24-22(26)16-23-19-15-17(11-12-21(19)30-2)31(27,28)25-13-7-3-4-8-14-25/h5-6,9-12,15,23H,3-4,7-8,13-14,16H2,1-2H3,(H,24,26). The first-order valence-corrected chi connectivity index (χ1v) is 11.7. The summed E-state index contributed by atoms with van der Waals surface area (Å²) in [4.78, 5) is 12.6. The van der Waals surface area contributed by atoms with Crippen LogP contribution in [0.15, 0.2) is 47.4 Å². The van der Waals surface area contributed by atoms with E-state index in [-0.39, 0.29) is 17.3 Å². The predicted octanol–water partition coefficient (Wildman–Crippen LogP) is 3.32. The molecule has 1 aliphatic heterocycles.